The van der Waals surface area contributed by atoms with Crippen LogP contribution < -0.4 is 5.32 Å². The van der Waals surface area contributed by atoms with Crippen LogP contribution in [0.1, 0.15) is 37.2 Å². The van der Waals surface area contributed by atoms with E-state index in [4.69, 9.17) is 4.52 Å². The van der Waals surface area contributed by atoms with Gasteiger partial charge in [-0.15, -0.1) is 11.8 Å². The van der Waals surface area contributed by atoms with Gasteiger partial charge in [-0.25, -0.2) is 0 Å². The normalized spacial score (nSPS) is 35.7. The van der Waals surface area contributed by atoms with Crippen molar-refractivity contribution in [2.75, 3.05) is 18.8 Å². The third-order valence-electron chi connectivity index (χ3n) is 3.95. The number of aromatic nitrogens is 2. The predicted octanol–water partition coefficient (Wildman–Crippen LogP) is 2.52. The third kappa shape index (κ3) is 3.28. The molecule has 0 radical (unpaired) electrons. The van der Waals surface area contributed by atoms with Gasteiger partial charge in [0.2, 0.25) is 5.89 Å². The molecule has 2 saturated heterocycles. The highest BCUT2D eigenvalue weighted by Gasteiger charge is 2.30. The molecule has 0 saturated carbocycles. The highest BCUT2D eigenvalue weighted by atomic mass is 32.2. The van der Waals surface area contributed by atoms with Crippen LogP contribution in [0.2, 0.25) is 0 Å². The second-order valence-electron chi connectivity index (χ2n) is 5.48. The first-order valence-corrected chi connectivity index (χ1v) is 9.02. The highest BCUT2D eigenvalue weighted by molar-refractivity contribution is 8.07. The molecule has 0 bridgehead atoms. The van der Waals surface area contributed by atoms with Crippen molar-refractivity contribution in [3.05, 3.63) is 11.7 Å². The molecule has 4 nitrogen and oxygen atoms in total. The van der Waals surface area contributed by atoms with E-state index < -0.39 is 0 Å². The molecular weight excluding hydrogens is 278 g/mol. The maximum Gasteiger partial charge on any atom is 0.227 e. The highest BCUT2D eigenvalue weighted by Crippen LogP contribution is 2.43. The zero-order valence-corrected chi connectivity index (χ0v) is 13.1. The Labute approximate surface area is 122 Å². The molecule has 4 unspecified atom stereocenters. The standard InChI is InChI=1S/C13H21N3OS2/c1-8-9(2)19-11(7-18-8)13-15-12(17-16-13)5-10-3-4-14-6-10/h8-11,14H,3-7H2,1-2H3. The van der Waals surface area contributed by atoms with Crippen molar-refractivity contribution in [1.29, 1.82) is 0 Å². The molecule has 0 spiro atoms. The van der Waals surface area contributed by atoms with Gasteiger partial charge in [0, 0.05) is 22.7 Å². The van der Waals surface area contributed by atoms with Gasteiger partial charge in [-0.1, -0.05) is 19.0 Å². The maximum absolute atomic E-state index is 5.43. The quantitative estimate of drug-likeness (QED) is 0.925. The molecule has 1 aromatic rings. The minimum Gasteiger partial charge on any atom is -0.339 e. The summed E-state index contributed by atoms with van der Waals surface area (Å²) in [6.07, 6.45) is 2.15. The van der Waals surface area contributed by atoms with Crippen molar-refractivity contribution in [3.8, 4) is 0 Å². The van der Waals surface area contributed by atoms with Crippen molar-refractivity contribution in [2.45, 2.75) is 42.4 Å². The molecule has 1 aromatic heterocycles. The molecule has 1 N–H and O–H groups in total. The fraction of sp³-hybridized carbons (Fsp3) is 0.846. The van der Waals surface area contributed by atoms with E-state index in [1.54, 1.807) is 0 Å². The minimum absolute atomic E-state index is 0.399. The zero-order chi connectivity index (χ0) is 13.2. The Morgan fingerprint density at radius 2 is 2.26 bits per heavy atom. The predicted molar refractivity (Wildman–Crippen MR) is 80.7 cm³/mol. The molecule has 6 heteroatoms. The summed E-state index contributed by atoms with van der Waals surface area (Å²) in [6, 6.07) is 0. The van der Waals surface area contributed by atoms with Crippen LogP contribution in [-0.2, 0) is 6.42 Å². The maximum atomic E-state index is 5.43. The fourth-order valence-corrected chi connectivity index (χ4v) is 5.37. The van der Waals surface area contributed by atoms with Crippen LogP contribution in [0.25, 0.3) is 0 Å². The van der Waals surface area contributed by atoms with Crippen LogP contribution in [0.15, 0.2) is 4.52 Å². The van der Waals surface area contributed by atoms with Gasteiger partial charge >= 0.3 is 0 Å². The first-order valence-electron chi connectivity index (χ1n) is 7.02. The average molecular weight is 299 g/mol. The van der Waals surface area contributed by atoms with E-state index >= 15 is 0 Å². The van der Waals surface area contributed by atoms with E-state index in [0.29, 0.717) is 16.4 Å². The molecule has 0 aliphatic carbocycles. The van der Waals surface area contributed by atoms with E-state index in [1.165, 1.54) is 6.42 Å². The van der Waals surface area contributed by atoms with Gasteiger partial charge in [0.15, 0.2) is 5.82 Å². The second-order valence-corrected chi connectivity index (χ2v) is 8.47. The van der Waals surface area contributed by atoms with Gasteiger partial charge in [-0.2, -0.15) is 16.7 Å². The molecule has 4 atom stereocenters. The van der Waals surface area contributed by atoms with E-state index in [1.807, 2.05) is 23.5 Å². The Hall–Kier alpha value is -0.200. The van der Waals surface area contributed by atoms with Crippen LogP contribution >= 0.6 is 23.5 Å². The third-order valence-corrected chi connectivity index (χ3v) is 7.33. The summed E-state index contributed by atoms with van der Waals surface area (Å²) < 4.78 is 5.43. The molecule has 0 amide bonds. The van der Waals surface area contributed by atoms with Gasteiger partial charge < -0.3 is 9.84 Å². The summed E-state index contributed by atoms with van der Waals surface area (Å²) >= 11 is 4.00. The summed E-state index contributed by atoms with van der Waals surface area (Å²) in [5, 5.41) is 9.35. The van der Waals surface area contributed by atoms with E-state index in [0.717, 1.165) is 42.2 Å². The molecule has 2 aliphatic heterocycles. The van der Waals surface area contributed by atoms with Crippen molar-refractivity contribution in [1.82, 2.24) is 15.5 Å². The van der Waals surface area contributed by atoms with Crippen LogP contribution in [0, 0.1) is 5.92 Å². The topological polar surface area (TPSA) is 51.0 Å². The second kappa shape index (κ2) is 6.06. The summed E-state index contributed by atoms with van der Waals surface area (Å²) in [6.45, 7) is 6.80. The Bertz CT molecular complexity index is 420. The molecule has 0 aromatic carbocycles. The Kier molecular flexibility index (Phi) is 4.39. The van der Waals surface area contributed by atoms with Crippen LogP contribution in [-0.4, -0.2) is 39.5 Å². The Morgan fingerprint density at radius 3 is 3.00 bits per heavy atom. The van der Waals surface area contributed by atoms with E-state index in [-0.39, 0.29) is 0 Å². The average Bonchev–Trinajstić information content (AvgIpc) is 3.05. The number of nitrogens with one attached hydrogen (secondary N) is 1. The van der Waals surface area contributed by atoms with Crippen molar-refractivity contribution >= 4 is 23.5 Å². The van der Waals surface area contributed by atoms with Gasteiger partial charge in [0.05, 0.1) is 5.25 Å². The summed E-state index contributed by atoms with van der Waals surface area (Å²) in [7, 11) is 0. The van der Waals surface area contributed by atoms with E-state index in [2.05, 4.69) is 29.3 Å². The fourth-order valence-electron chi connectivity index (χ4n) is 2.54. The smallest absolute Gasteiger partial charge is 0.227 e. The number of nitrogens with zero attached hydrogens (tertiary/aromatic N) is 2. The van der Waals surface area contributed by atoms with Crippen LogP contribution in [0.3, 0.4) is 0 Å². The molecule has 2 aliphatic rings. The molecule has 3 heterocycles. The monoisotopic (exact) mass is 299 g/mol. The van der Waals surface area contributed by atoms with Crippen molar-refractivity contribution in [2.24, 2.45) is 5.92 Å². The van der Waals surface area contributed by atoms with Crippen LogP contribution in [0.4, 0.5) is 0 Å². The van der Waals surface area contributed by atoms with Crippen molar-refractivity contribution in [3.63, 3.8) is 0 Å². The first kappa shape index (κ1) is 13.8. The minimum atomic E-state index is 0.399. The molecular formula is C13H21N3OS2. The molecule has 19 heavy (non-hydrogen) atoms. The van der Waals surface area contributed by atoms with Crippen LogP contribution in [0.5, 0.6) is 0 Å². The number of rotatable bonds is 3. The molecule has 2 fully saturated rings. The first-order chi connectivity index (χ1) is 9.22. The zero-order valence-electron chi connectivity index (χ0n) is 11.5. The summed E-state index contributed by atoms with van der Waals surface area (Å²) in [5.41, 5.74) is 0. The SMILES string of the molecule is CC1SCC(c2noc(CC3CCNC3)n2)SC1C. The van der Waals surface area contributed by atoms with Crippen molar-refractivity contribution < 1.29 is 4.52 Å². The van der Waals surface area contributed by atoms with Gasteiger partial charge in [0.25, 0.3) is 0 Å². The Morgan fingerprint density at radius 1 is 1.37 bits per heavy atom. The van der Waals surface area contributed by atoms with E-state index in [9.17, 15) is 0 Å². The lowest BCUT2D eigenvalue weighted by molar-refractivity contribution is 0.354. The number of hydrogen-bond donors (Lipinski definition) is 1. The summed E-state index contributed by atoms with van der Waals surface area (Å²) in [4.78, 5) is 4.62. The van der Waals surface area contributed by atoms with Gasteiger partial charge in [-0.3, -0.25) is 0 Å². The number of hydrogen-bond acceptors (Lipinski definition) is 6. The summed E-state index contributed by atoms with van der Waals surface area (Å²) in [5.74, 6) is 3.48. The lowest BCUT2D eigenvalue weighted by atomic mass is 10.1. The lowest BCUT2D eigenvalue weighted by Crippen LogP contribution is -2.22. The molecule has 3 rings (SSSR count). The van der Waals surface area contributed by atoms with Gasteiger partial charge in [0.1, 0.15) is 0 Å². The lowest BCUT2D eigenvalue weighted by Gasteiger charge is -2.29. The largest absolute Gasteiger partial charge is 0.339 e. The van der Waals surface area contributed by atoms with Gasteiger partial charge in [-0.05, 0) is 25.4 Å². The number of thioether (sulfide) groups is 2. The molecule has 106 valence electrons. The Balaban J connectivity index is 1.61.